The first-order valence-corrected chi connectivity index (χ1v) is 5.58. The molecule has 17 heavy (non-hydrogen) atoms. The lowest BCUT2D eigenvalue weighted by Crippen LogP contribution is -2.29. The molecule has 1 aliphatic heterocycles. The highest BCUT2D eigenvalue weighted by Gasteiger charge is 2.34. The molecule has 1 aliphatic rings. The van der Waals surface area contributed by atoms with Crippen LogP contribution in [0.3, 0.4) is 0 Å². The fourth-order valence-electron chi connectivity index (χ4n) is 2.10. The molecule has 0 N–H and O–H groups in total. The second kappa shape index (κ2) is 4.46. The first-order chi connectivity index (χ1) is 8.13. The van der Waals surface area contributed by atoms with Gasteiger partial charge in [-0.25, -0.2) is 4.79 Å². The Morgan fingerprint density at radius 1 is 1.41 bits per heavy atom. The van der Waals surface area contributed by atoms with Crippen molar-refractivity contribution in [3.05, 3.63) is 35.4 Å². The Balaban J connectivity index is 2.21. The molecule has 2 rings (SSSR count). The smallest absolute Gasteiger partial charge is 0.319 e. The maximum Gasteiger partial charge on any atom is 0.321 e. The van der Waals surface area contributed by atoms with Crippen LogP contribution < -0.4 is 0 Å². The fourth-order valence-corrected chi connectivity index (χ4v) is 2.10. The summed E-state index contributed by atoms with van der Waals surface area (Å²) in [6.07, 6.45) is 0. The summed E-state index contributed by atoms with van der Waals surface area (Å²) in [6.45, 7) is 2.78. The van der Waals surface area contributed by atoms with Crippen molar-refractivity contribution in [3.8, 4) is 6.07 Å². The molecule has 1 aromatic rings. The molecule has 1 atom stereocenters. The highest BCUT2D eigenvalue weighted by Crippen LogP contribution is 2.27. The van der Waals surface area contributed by atoms with E-state index in [4.69, 9.17) is 5.26 Å². The van der Waals surface area contributed by atoms with Gasteiger partial charge in [-0.3, -0.25) is 0 Å². The normalized spacial score (nSPS) is 19.6. The van der Waals surface area contributed by atoms with Gasteiger partial charge in [0.05, 0.1) is 12.1 Å². The maximum atomic E-state index is 11.8. The van der Waals surface area contributed by atoms with E-state index >= 15 is 0 Å². The highest BCUT2D eigenvalue weighted by molar-refractivity contribution is 5.77. The number of likely N-dealkylation sites (N-methyl/N-ethyl adjacent to an activating group) is 1. The zero-order valence-electron chi connectivity index (χ0n) is 10.1. The van der Waals surface area contributed by atoms with Gasteiger partial charge in [-0.2, -0.15) is 5.26 Å². The summed E-state index contributed by atoms with van der Waals surface area (Å²) in [4.78, 5) is 15.1. The van der Waals surface area contributed by atoms with Gasteiger partial charge in [0, 0.05) is 13.6 Å². The van der Waals surface area contributed by atoms with Crippen molar-refractivity contribution in [2.45, 2.75) is 13.0 Å². The van der Waals surface area contributed by atoms with Gasteiger partial charge in [0.25, 0.3) is 0 Å². The number of nitrogens with zero attached hydrogens (tertiary/aromatic N) is 3. The average molecular weight is 229 g/mol. The topological polar surface area (TPSA) is 47.3 Å². The molecule has 0 spiro atoms. The number of amides is 2. The second-order valence-corrected chi connectivity index (χ2v) is 4.36. The molecule has 1 unspecified atom stereocenters. The van der Waals surface area contributed by atoms with Crippen LogP contribution in [0.15, 0.2) is 24.3 Å². The summed E-state index contributed by atoms with van der Waals surface area (Å²) in [5.41, 5.74) is 2.32. The number of carbonyl (C=O) groups is 1. The lowest BCUT2D eigenvalue weighted by Gasteiger charge is -2.18. The van der Waals surface area contributed by atoms with E-state index in [1.54, 1.807) is 16.8 Å². The van der Waals surface area contributed by atoms with Crippen molar-refractivity contribution in [1.29, 1.82) is 5.26 Å². The van der Waals surface area contributed by atoms with Crippen molar-refractivity contribution in [2.24, 2.45) is 0 Å². The molecular weight excluding hydrogens is 214 g/mol. The average Bonchev–Trinajstić information content (AvgIpc) is 2.59. The van der Waals surface area contributed by atoms with Gasteiger partial charge in [-0.15, -0.1) is 0 Å². The number of urea groups is 1. The number of hydrogen-bond donors (Lipinski definition) is 0. The van der Waals surface area contributed by atoms with E-state index in [-0.39, 0.29) is 18.6 Å². The monoisotopic (exact) mass is 229 g/mol. The van der Waals surface area contributed by atoms with Crippen LogP contribution in [0.2, 0.25) is 0 Å². The van der Waals surface area contributed by atoms with Gasteiger partial charge in [0.1, 0.15) is 6.54 Å². The molecule has 0 aliphatic carbocycles. The van der Waals surface area contributed by atoms with E-state index in [2.05, 4.69) is 0 Å². The summed E-state index contributed by atoms with van der Waals surface area (Å²) >= 11 is 0. The molecule has 1 aromatic carbocycles. The lowest BCUT2D eigenvalue weighted by atomic mass is 10.1. The molecule has 1 heterocycles. The molecule has 0 aromatic heterocycles. The number of hydrogen-bond acceptors (Lipinski definition) is 2. The van der Waals surface area contributed by atoms with Gasteiger partial charge < -0.3 is 9.80 Å². The van der Waals surface area contributed by atoms with Crippen LogP contribution in [0.5, 0.6) is 0 Å². The van der Waals surface area contributed by atoms with Crippen LogP contribution in [0.25, 0.3) is 0 Å². The van der Waals surface area contributed by atoms with Crippen LogP contribution in [0.4, 0.5) is 4.79 Å². The standard InChI is InChI=1S/C13H15N3O/c1-10-3-5-11(6-4-10)12-9-16(8-7-14)13(17)15(12)2/h3-6,12H,8-9H2,1-2H3. The number of aryl methyl sites for hydroxylation is 1. The molecule has 0 bridgehead atoms. The van der Waals surface area contributed by atoms with E-state index in [1.807, 2.05) is 37.3 Å². The third-order valence-electron chi connectivity index (χ3n) is 3.16. The molecular formula is C13H15N3O. The fraction of sp³-hybridized carbons (Fsp3) is 0.385. The third kappa shape index (κ3) is 2.09. The Morgan fingerprint density at radius 3 is 2.65 bits per heavy atom. The van der Waals surface area contributed by atoms with Crippen LogP contribution >= 0.6 is 0 Å². The molecule has 88 valence electrons. The summed E-state index contributed by atoms with van der Waals surface area (Å²) in [7, 11) is 1.78. The van der Waals surface area contributed by atoms with E-state index in [9.17, 15) is 4.79 Å². The summed E-state index contributed by atoms with van der Waals surface area (Å²) in [5.74, 6) is 0. The van der Waals surface area contributed by atoms with Crippen LogP contribution in [-0.4, -0.2) is 36.0 Å². The zero-order chi connectivity index (χ0) is 12.4. The van der Waals surface area contributed by atoms with Crippen molar-refractivity contribution in [1.82, 2.24) is 9.80 Å². The van der Waals surface area contributed by atoms with Gasteiger partial charge in [-0.05, 0) is 12.5 Å². The van der Waals surface area contributed by atoms with Crippen molar-refractivity contribution in [3.63, 3.8) is 0 Å². The van der Waals surface area contributed by atoms with Crippen molar-refractivity contribution >= 4 is 6.03 Å². The molecule has 4 heteroatoms. The van der Waals surface area contributed by atoms with Gasteiger partial charge in [0.15, 0.2) is 0 Å². The number of rotatable bonds is 2. The highest BCUT2D eigenvalue weighted by atomic mass is 16.2. The minimum atomic E-state index is -0.0721. The Bertz CT molecular complexity index is 461. The molecule has 0 saturated carbocycles. The lowest BCUT2D eigenvalue weighted by molar-refractivity contribution is 0.199. The SMILES string of the molecule is Cc1ccc(C2CN(CC#N)C(=O)N2C)cc1. The Labute approximate surface area is 101 Å². The minimum Gasteiger partial charge on any atom is -0.319 e. The molecule has 0 radical (unpaired) electrons. The first kappa shape index (κ1) is 11.5. The van der Waals surface area contributed by atoms with E-state index < -0.39 is 0 Å². The number of nitriles is 1. The Kier molecular flexibility index (Phi) is 3.01. The van der Waals surface area contributed by atoms with E-state index in [0.29, 0.717) is 6.54 Å². The molecule has 4 nitrogen and oxygen atoms in total. The number of carbonyl (C=O) groups excluding carboxylic acids is 1. The van der Waals surface area contributed by atoms with Crippen LogP contribution in [0.1, 0.15) is 17.2 Å². The number of benzene rings is 1. The van der Waals surface area contributed by atoms with Gasteiger partial charge in [-0.1, -0.05) is 29.8 Å². The maximum absolute atomic E-state index is 11.8. The van der Waals surface area contributed by atoms with Gasteiger partial charge >= 0.3 is 6.03 Å². The summed E-state index contributed by atoms with van der Waals surface area (Å²) in [5, 5.41) is 8.66. The predicted octanol–water partition coefficient (Wildman–Crippen LogP) is 1.93. The molecule has 1 fully saturated rings. The van der Waals surface area contributed by atoms with E-state index in [0.717, 1.165) is 5.56 Å². The summed E-state index contributed by atoms with van der Waals surface area (Å²) < 4.78 is 0. The summed E-state index contributed by atoms with van der Waals surface area (Å²) in [6, 6.07) is 10.2. The van der Waals surface area contributed by atoms with Crippen LogP contribution in [0, 0.1) is 18.3 Å². The largest absolute Gasteiger partial charge is 0.321 e. The van der Waals surface area contributed by atoms with Crippen LogP contribution in [-0.2, 0) is 0 Å². The van der Waals surface area contributed by atoms with Crippen molar-refractivity contribution < 1.29 is 4.79 Å². The van der Waals surface area contributed by atoms with Crippen molar-refractivity contribution in [2.75, 3.05) is 20.1 Å². The third-order valence-corrected chi connectivity index (χ3v) is 3.16. The van der Waals surface area contributed by atoms with Gasteiger partial charge in [0.2, 0.25) is 0 Å². The van der Waals surface area contributed by atoms with E-state index in [1.165, 1.54) is 5.56 Å². The zero-order valence-corrected chi connectivity index (χ0v) is 10.1. The minimum absolute atomic E-state index is 0.0523. The first-order valence-electron chi connectivity index (χ1n) is 5.58. The quantitative estimate of drug-likeness (QED) is 0.727. The molecule has 2 amide bonds. The Morgan fingerprint density at radius 2 is 2.06 bits per heavy atom. The second-order valence-electron chi connectivity index (χ2n) is 4.36. The predicted molar refractivity (Wildman–Crippen MR) is 64.3 cm³/mol. The Hall–Kier alpha value is -2.02. The molecule has 1 saturated heterocycles.